The summed E-state index contributed by atoms with van der Waals surface area (Å²) in [6.07, 6.45) is 3.26. The molecule has 0 aliphatic carbocycles. The van der Waals surface area contributed by atoms with E-state index in [-0.39, 0.29) is 0 Å². The molecule has 0 spiro atoms. The van der Waals surface area contributed by atoms with E-state index >= 15 is 0 Å². The smallest absolute Gasteiger partial charge is 0.0250 e. The zero-order valence-electron chi connectivity index (χ0n) is 9.35. The minimum Gasteiger partial charge on any atom is -0.310 e. The first-order valence-corrected chi connectivity index (χ1v) is 5.19. The lowest BCUT2D eigenvalue weighted by atomic mass is 10.1. The van der Waals surface area contributed by atoms with Gasteiger partial charge in [0.05, 0.1) is 0 Å². The topological polar surface area (TPSA) is 12.0 Å². The molecule has 2 unspecified atom stereocenters. The highest BCUT2D eigenvalue weighted by Gasteiger charge is 2.16. The third kappa shape index (κ3) is 6.41. The molecule has 0 amide bonds. The largest absolute Gasteiger partial charge is 0.310 e. The molecule has 0 saturated carbocycles. The summed E-state index contributed by atoms with van der Waals surface area (Å²) < 4.78 is 0. The Balaban J connectivity index is 0. The van der Waals surface area contributed by atoms with Crippen molar-refractivity contribution in [1.29, 1.82) is 0 Å². The summed E-state index contributed by atoms with van der Waals surface area (Å²) in [7, 11) is 0. The molecule has 1 rings (SSSR count). The number of nitrogens with one attached hydrogen (secondary N) is 1. The maximum absolute atomic E-state index is 3.71. The van der Waals surface area contributed by atoms with Crippen molar-refractivity contribution in [2.24, 2.45) is 5.92 Å². The number of rotatable bonds is 1. The summed E-state index contributed by atoms with van der Waals surface area (Å²) in [6.45, 7) is 15.1. The summed E-state index contributed by atoms with van der Waals surface area (Å²) in [5, 5.41) is 3.34. The molecule has 1 nitrogen and oxygen atoms in total. The Bertz CT molecular complexity index is 89.0. The first kappa shape index (κ1) is 14.2. The molecule has 1 heterocycles. The fourth-order valence-corrected chi connectivity index (χ4v) is 1.13. The highest BCUT2D eigenvalue weighted by Crippen LogP contribution is 2.12. The zero-order chi connectivity index (χ0) is 9.98. The van der Waals surface area contributed by atoms with Crippen molar-refractivity contribution in [3.63, 3.8) is 0 Å². The van der Waals surface area contributed by atoms with Gasteiger partial charge in [0.15, 0.2) is 0 Å². The van der Waals surface area contributed by atoms with Crippen molar-refractivity contribution in [3.8, 4) is 0 Å². The number of hydrogen-bond acceptors (Lipinski definition) is 1. The molecule has 0 aromatic rings. The first-order valence-electron chi connectivity index (χ1n) is 5.19. The van der Waals surface area contributed by atoms with Gasteiger partial charge in [-0.15, -0.1) is 6.58 Å². The SMILES string of the molecule is C=CC1CC(C)CN1.CC.CC. The number of hydrogen-bond donors (Lipinski definition) is 1. The molecular formula is C11H25N. The lowest BCUT2D eigenvalue weighted by Crippen LogP contribution is -2.17. The normalized spacial score (nSPS) is 26.1. The van der Waals surface area contributed by atoms with Gasteiger partial charge in [-0.2, -0.15) is 0 Å². The van der Waals surface area contributed by atoms with E-state index in [4.69, 9.17) is 0 Å². The Morgan fingerprint density at radius 1 is 1.25 bits per heavy atom. The highest BCUT2D eigenvalue weighted by molar-refractivity contribution is 4.91. The van der Waals surface area contributed by atoms with Gasteiger partial charge in [0, 0.05) is 6.04 Å². The fourth-order valence-electron chi connectivity index (χ4n) is 1.13. The van der Waals surface area contributed by atoms with Crippen LogP contribution in [0.1, 0.15) is 41.0 Å². The monoisotopic (exact) mass is 171 g/mol. The lowest BCUT2D eigenvalue weighted by molar-refractivity contribution is 0.641. The average molecular weight is 171 g/mol. The second-order valence-electron chi connectivity index (χ2n) is 2.59. The summed E-state index contributed by atoms with van der Waals surface area (Å²) in [5.74, 6) is 0.845. The first-order chi connectivity index (χ1) is 5.83. The molecule has 2 atom stereocenters. The second kappa shape index (κ2) is 10.7. The van der Waals surface area contributed by atoms with Gasteiger partial charge in [-0.05, 0) is 18.9 Å². The van der Waals surface area contributed by atoms with Crippen LogP contribution in [-0.4, -0.2) is 12.6 Å². The van der Waals surface area contributed by atoms with Gasteiger partial charge >= 0.3 is 0 Å². The van der Waals surface area contributed by atoms with Crippen molar-refractivity contribution in [3.05, 3.63) is 12.7 Å². The van der Waals surface area contributed by atoms with Crippen molar-refractivity contribution in [2.45, 2.75) is 47.1 Å². The van der Waals surface area contributed by atoms with E-state index in [0.717, 1.165) is 12.5 Å². The highest BCUT2D eigenvalue weighted by atomic mass is 14.9. The zero-order valence-corrected chi connectivity index (χ0v) is 9.35. The van der Waals surface area contributed by atoms with Gasteiger partial charge in [-0.25, -0.2) is 0 Å². The van der Waals surface area contributed by atoms with E-state index in [2.05, 4.69) is 18.8 Å². The molecule has 1 aliphatic rings. The van der Waals surface area contributed by atoms with Crippen molar-refractivity contribution < 1.29 is 0 Å². The van der Waals surface area contributed by atoms with E-state index in [1.807, 2.05) is 33.8 Å². The predicted molar refractivity (Wildman–Crippen MR) is 58.5 cm³/mol. The van der Waals surface area contributed by atoms with Crippen LogP contribution in [0.15, 0.2) is 12.7 Å². The molecule has 1 N–H and O–H groups in total. The Kier molecular flexibility index (Phi) is 12.7. The summed E-state index contributed by atoms with van der Waals surface area (Å²) in [6, 6.07) is 0.588. The summed E-state index contributed by atoms with van der Waals surface area (Å²) in [4.78, 5) is 0. The Morgan fingerprint density at radius 3 is 1.92 bits per heavy atom. The molecule has 12 heavy (non-hydrogen) atoms. The van der Waals surface area contributed by atoms with Crippen LogP contribution in [0, 0.1) is 5.92 Å². The van der Waals surface area contributed by atoms with E-state index in [0.29, 0.717) is 6.04 Å². The molecule has 0 radical (unpaired) electrons. The third-order valence-corrected chi connectivity index (χ3v) is 1.67. The van der Waals surface area contributed by atoms with E-state index in [9.17, 15) is 0 Å². The molecule has 1 aliphatic heterocycles. The quantitative estimate of drug-likeness (QED) is 0.597. The van der Waals surface area contributed by atoms with Crippen LogP contribution in [0.5, 0.6) is 0 Å². The maximum atomic E-state index is 3.71. The molecule has 74 valence electrons. The van der Waals surface area contributed by atoms with Gasteiger partial charge in [-0.1, -0.05) is 40.7 Å². The van der Waals surface area contributed by atoms with Crippen molar-refractivity contribution >= 4 is 0 Å². The van der Waals surface area contributed by atoms with Crippen LogP contribution in [0.3, 0.4) is 0 Å². The van der Waals surface area contributed by atoms with Gasteiger partial charge in [-0.3, -0.25) is 0 Å². The van der Waals surface area contributed by atoms with Crippen molar-refractivity contribution in [2.75, 3.05) is 6.54 Å². The van der Waals surface area contributed by atoms with Crippen LogP contribution in [0.25, 0.3) is 0 Å². The molecule has 0 aromatic carbocycles. The van der Waals surface area contributed by atoms with Crippen LogP contribution in [0.4, 0.5) is 0 Å². The molecule has 1 saturated heterocycles. The third-order valence-electron chi connectivity index (χ3n) is 1.67. The lowest BCUT2D eigenvalue weighted by Gasteiger charge is -1.98. The van der Waals surface area contributed by atoms with E-state index in [1.54, 1.807) is 0 Å². The van der Waals surface area contributed by atoms with Crippen molar-refractivity contribution in [1.82, 2.24) is 5.32 Å². The molecule has 0 bridgehead atoms. The van der Waals surface area contributed by atoms with Gasteiger partial charge in [0.25, 0.3) is 0 Å². The van der Waals surface area contributed by atoms with Crippen LogP contribution in [0.2, 0.25) is 0 Å². The molecule has 1 heteroatoms. The minimum atomic E-state index is 0.588. The second-order valence-corrected chi connectivity index (χ2v) is 2.59. The Hall–Kier alpha value is -0.300. The maximum Gasteiger partial charge on any atom is 0.0250 e. The summed E-state index contributed by atoms with van der Waals surface area (Å²) in [5.41, 5.74) is 0. The molecule has 0 aromatic heterocycles. The van der Waals surface area contributed by atoms with Crippen LogP contribution < -0.4 is 5.32 Å². The average Bonchev–Trinajstić information content (AvgIpc) is 2.58. The Morgan fingerprint density at radius 2 is 1.75 bits per heavy atom. The van der Waals surface area contributed by atoms with Gasteiger partial charge in [0.1, 0.15) is 0 Å². The molecule has 1 fully saturated rings. The van der Waals surface area contributed by atoms with E-state index < -0.39 is 0 Å². The van der Waals surface area contributed by atoms with Gasteiger partial charge in [0.2, 0.25) is 0 Å². The molecular weight excluding hydrogens is 146 g/mol. The van der Waals surface area contributed by atoms with Crippen LogP contribution >= 0.6 is 0 Å². The van der Waals surface area contributed by atoms with Crippen LogP contribution in [-0.2, 0) is 0 Å². The minimum absolute atomic E-state index is 0.588. The summed E-state index contributed by atoms with van der Waals surface area (Å²) >= 11 is 0. The standard InChI is InChI=1S/C7H13N.2C2H6/c1-3-7-4-6(2)5-8-7;2*1-2/h3,6-8H,1,4-5H2,2H3;2*1-2H3. The fraction of sp³-hybridized carbons (Fsp3) is 0.818. The predicted octanol–water partition coefficient (Wildman–Crippen LogP) is 3.22. The van der Waals surface area contributed by atoms with E-state index in [1.165, 1.54) is 6.42 Å². The Labute approximate surface area is 78.3 Å². The van der Waals surface area contributed by atoms with Gasteiger partial charge < -0.3 is 5.32 Å².